The summed E-state index contributed by atoms with van der Waals surface area (Å²) >= 11 is 0. The second-order valence-electron chi connectivity index (χ2n) is 6.04. The highest BCUT2D eigenvalue weighted by molar-refractivity contribution is 5.13. The molecule has 1 aromatic rings. The fourth-order valence-corrected chi connectivity index (χ4v) is 2.27. The van der Waals surface area contributed by atoms with Crippen molar-refractivity contribution in [2.24, 2.45) is 0 Å². The molecule has 0 N–H and O–H groups in total. The lowest BCUT2D eigenvalue weighted by Crippen LogP contribution is -2.41. The molecule has 0 spiro atoms. The number of rotatable bonds is 10. The maximum Gasteiger partial charge on any atom is 0.154 e. The minimum absolute atomic E-state index is 0.0275. The fraction of sp³-hybridized carbons (Fsp3) is 0.556. The first-order chi connectivity index (χ1) is 10.6. The standard InChI is InChI=1S/C18H25FO3/c1-3-9-20-13-18(2,19)14-22-17-10-16(11-17)21-12-15-7-5-4-6-8-15/h3-8,16-17H,1,9-14H2,2H3. The lowest BCUT2D eigenvalue weighted by Gasteiger charge is -2.36. The Morgan fingerprint density at radius 2 is 1.86 bits per heavy atom. The molecule has 0 aromatic heterocycles. The van der Waals surface area contributed by atoms with E-state index in [4.69, 9.17) is 14.2 Å². The van der Waals surface area contributed by atoms with E-state index in [0.29, 0.717) is 13.2 Å². The summed E-state index contributed by atoms with van der Waals surface area (Å²) in [6.07, 6.45) is 3.58. The van der Waals surface area contributed by atoms with Gasteiger partial charge in [-0.1, -0.05) is 36.4 Å². The van der Waals surface area contributed by atoms with Gasteiger partial charge in [0.25, 0.3) is 0 Å². The van der Waals surface area contributed by atoms with Gasteiger partial charge in [0.05, 0.1) is 38.6 Å². The van der Waals surface area contributed by atoms with E-state index in [0.717, 1.165) is 12.8 Å². The zero-order valence-electron chi connectivity index (χ0n) is 13.2. The average Bonchev–Trinajstić information content (AvgIpc) is 2.46. The monoisotopic (exact) mass is 308 g/mol. The maximum atomic E-state index is 14.1. The molecule has 122 valence electrons. The molecular weight excluding hydrogens is 283 g/mol. The molecule has 1 unspecified atom stereocenters. The Kier molecular flexibility index (Phi) is 6.55. The van der Waals surface area contributed by atoms with Crippen molar-refractivity contribution in [3.05, 3.63) is 48.6 Å². The first-order valence-corrected chi connectivity index (χ1v) is 7.74. The largest absolute Gasteiger partial charge is 0.375 e. The van der Waals surface area contributed by atoms with Crippen LogP contribution in [0.25, 0.3) is 0 Å². The SMILES string of the molecule is C=CCOCC(C)(F)COC1CC(OCc2ccccc2)C1. The molecule has 22 heavy (non-hydrogen) atoms. The molecular formula is C18H25FO3. The second-order valence-corrected chi connectivity index (χ2v) is 6.04. The minimum atomic E-state index is -1.46. The van der Waals surface area contributed by atoms with Crippen LogP contribution in [-0.4, -0.2) is 37.7 Å². The zero-order valence-corrected chi connectivity index (χ0v) is 13.2. The highest BCUT2D eigenvalue weighted by Gasteiger charge is 2.33. The van der Waals surface area contributed by atoms with Crippen molar-refractivity contribution in [2.45, 2.75) is 44.2 Å². The molecule has 1 aromatic carbocycles. The third kappa shape index (κ3) is 5.87. The molecule has 0 heterocycles. The summed E-state index contributed by atoms with van der Waals surface area (Å²) in [5, 5.41) is 0. The van der Waals surface area contributed by atoms with Crippen LogP contribution in [-0.2, 0) is 20.8 Å². The Bertz CT molecular complexity index is 441. The molecule has 0 radical (unpaired) electrons. The molecule has 0 amide bonds. The normalized spacial score (nSPS) is 23.5. The number of benzene rings is 1. The van der Waals surface area contributed by atoms with Gasteiger partial charge in [-0.2, -0.15) is 0 Å². The van der Waals surface area contributed by atoms with Crippen LogP contribution in [0.2, 0.25) is 0 Å². The average molecular weight is 308 g/mol. The first-order valence-electron chi connectivity index (χ1n) is 7.74. The Morgan fingerprint density at radius 1 is 1.18 bits per heavy atom. The number of alkyl halides is 1. The van der Waals surface area contributed by atoms with Crippen LogP contribution in [0.1, 0.15) is 25.3 Å². The summed E-state index contributed by atoms with van der Waals surface area (Å²) in [6.45, 7) is 6.09. The second kappa shape index (κ2) is 8.42. The van der Waals surface area contributed by atoms with Gasteiger partial charge in [-0.15, -0.1) is 6.58 Å². The van der Waals surface area contributed by atoms with Crippen molar-refractivity contribution in [2.75, 3.05) is 19.8 Å². The predicted molar refractivity (Wildman–Crippen MR) is 84.5 cm³/mol. The zero-order chi connectivity index (χ0) is 15.8. The Hall–Kier alpha value is -1.23. The van der Waals surface area contributed by atoms with Gasteiger partial charge in [-0.3, -0.25) is 0 Å². The van der Waals surface area contributed by atoms with Gasteiger partial charge in [0.15, 0.2) is 5.67 Å². The lowest BCUT2D eigenvalue weighted by molar-refractivity contribution is -0.131. The van der Waals surface area contributed by atoms with Crippen LogP contribution >= 0.6 is 0 Å². The van der Waals surface area contributed by atoms with Gasteiger partial charge in [-0.05, 0) is 25.3 Å². The van der Waals surface area contributed by atoms with Crippen LogP contribution in [0.3, 0.4) is 0 Å². The number of hydrogen-bond donors (Lipinski definition) is 0. The lowest BCUT2D eigenvalue weighted by atomic mass is 9.91. The van der Waals surface area contributed by atoms with Gasteiger partial charge in [0.2, 0.25) is 0 Å². The molecule has 0 bridgehead atoms. The van der Waals surface area contributed by atoms with Gasteiger partial charge in [0.1, 0.15) is 0 Å². The summed E-state index contributed by atoms with van der Waals surface area (Å²) in [5.74, 6) is 0. The van der Waals surface area contributed by atoms with E-state index in [9.17, 15) is 4.39 Å². The van der Waals surface area contributed by atoms with Crippen molar-refractivity contribution >= 4 is 0 Å². The molecule has 0 saturated heterocycles. The van der Waals surface area contributed by atoms with Gasteiger partial charge < -0.3 is 14.2 Å². The topological polar surface area (TPSA) is 27.7 Å². The Balaban J connectivity index is 1.56. The Labute approximate surface area is 132 Å². The number of halogens is 1. The van der Waals surface area contributed by atoms with E-state index in [-0.39, 0.29) is 25.4 Å². The molecule has 0 aliphatic heterocycles. The summed E-state index contributed by atoms with van der Waals surface area (Å²) < 4.78 is 30.6. The van der Waals surface area contributed by atoms with E-state index < -0.39 is 5.67 Å². The fourth-order valence-electron chi connectivity index (χ4n) is 2.27. The third-order valence-corrected chi connectivity index (χ3v) is 3.64. The van der Waals surface area contributed by atoms with E-state index in [1.165, 1.54) is 12.5 Å². The van der Waals surface area contributed by atoms with Crippen LogP contribution in [0, 0.1) is 0 Å². The van der Waals surface area contributed by atoms with Crippen molar-refractivity contribution < 1.29 is 18.6 Å². The predicted octanol–water partition coefficient (Wildman–Crippen LogP) is 3.68. The minimum Gasteiger partial charge on any atom is -0.375 e. The van der Waals surface area contributed by atoms with Crippen LogP contribution < -0.4 is 0 Å². The summed E-state index contributed by atoms with van der Waals surface area (Å²) in [4.78, 5) is 0. The maximum absolute atomic E-state index is 14.1. The molecule has 1 atom stereocenters. The van der Waals surface area contributed by atoms with Crippen LogP contribution in [0.4, 0.5) is 4.39 Å². The van der Waals surface area contributed by atoms with Crippen molar-refractivity contribution in [3.63, 3.8) is 0 Å². The molecule has 3 nitrogen and oxygen atoms in total. The number of ether oxygens (including phenoxy) is 3. The molecule has 1 fully saturated rings. The summed E-state index contributed by atoms with van der Waals surface area (Å²) in [7, 11) is 0. The summed E-state index contributed by atoms with van der Waals surface area (Å²) in [6, 6.07) is 10.1. The molecule has 1 saturated carbocycles. The Morgan fingerprint density at radius 3 is 2.55 bits per heavy atom. The highest BCUT2D eigenvalue weighted by Crippen LogP contribution is 2.28. The summed E-state index contributed by atoms with van der Waals surface area (Å²) in [5.41, 5.74) is -0.290. The van der Waals surface area contributed by atoms with Crippen LogP contribution in [0.5, 0.6) is 0 Å². The van der Waals surface area contributed by atoms with Crippen LogP contribution in [0.15, 0.2) is 43.0 Å². The first kappa shape index (κ1) is 17.1. The third-order valence-electron chi connectivity index (χ3n) is 3.64. The van der Waals surface area contributed by atoms with Crippen molar-refractivity contribution in [1.29, 1.82) is 0 Å². The van der Waals surface area contributed by atoms with Gasteiger partial charge >= 0.3 is 0 Å². The van der Waals surface area contributed by atoms with E-state index >= 15 is 0 Å². The van der Waals surface area contributed by atoms with Gasteiger partial charge in [0, 0.05) is 0 Å². The van der Waals surface area contributed by atoms with E-state index in [1.807, 2.05) is 30.3 Å². The molecule has 2 rings (SSSR count). The number of hydrogen-bond acceptors (Lipinski definition) is 3. The molecule has 1 aliphatic rings. The van der Waals surface area contributed by atoms with E-state index in [1.54, 1.807) is 6.08 Å². The van der Waals surface area contributed by atoms with Gasteiger partial charge in [-0.25, -0.2) is 4.39 Å². The van der Waals surface area contributed by atoms with E-state index in [2.05, 4.69) is 6.58 Å². The quantitative estimate of drug-likeness (QED) is 0.487. The molecule has 4 heteroatoms. The van der Waals surface area contributed by atoms with Crippen molar-refractivity contribution in [3.8, 4) is 0 Å². The molecule has 1 aliphatic carbocycles. The smallest absolute Gasteiger partial charge is 0.154 e. The highest BCUT2D eigenvalue weighted by atomic mass is 19.1. The van der Waals surface area contributed by atoms with Crippen molar-refractivity contribution in [1.82, 2.24) is 0 Å².